The molecule has 336 valence electrons. The third kappa shape index (κ3) is 12.8. The molecule has 18 heteroatoms. The minimum Gasteiger partial charge on any atom is -0.373 e. The number of hydrogen-bond donors (Lipinski definition) is 2. The summed E-state index contributed by atoms with van der Waals surface area (Å²) in [6.45, 7) is 0.627. The average Bonchev–Trinajstić information content (AvgIpc) is 3.95. The number of rotatable bonds is 6. The predicted molar refractivity (Wildman–Crippen MR) is 221 cm³/mol. The third-order valence-corrected chi connectivity index (χ3v) is 11.0. The zero-order valence-electron chi connectivity index (χ0n) is 34.5. The van der Waals surface area contributed by atoms with Crippen LogP contribution in [0.25, 0.3) is 0 Å². The maximum absolute atomic E-state index is 14.2. The summed E-state index contributed by atoms with van der Waals surface area (Å²) >= 11 is 0. The molecule has 4 bridgehead atoms. The van der Waals surface area contributed by atoms with Gasteiger partial charge >= 0.3 is 12.4 Å². The highest BCUT2D eigenvalue weighted by molar-refractivity contribution is 5.80. The Labute approximate surface area is 365 Å². The Hall–Kier alpha value is -6.40. The highest BCUT2D eigenvalue weighted by Gasteiger charge is 2.32. The molecule has 3 heterocycles. The first-order valence-electron chi connectivity index (χ1n) is 20.7. The number of aryl methyl sites for hydroxylation is 2. The van der Waals surface area contributed by atoms with Gasteiger partial charge in [0.15, 0.2) is 0 Å². The van der Waals surface area contributed by atoms with Crippen LogP contribution in [0, 0.1) is 11.8 Å². The number of hydrogen-bond acceptors (Lipinski definition) is 8. The SMILES string of the molecule is O=C1N[C@H](c2ccccc2)COCc2cn(nn2)CC[C@H](Cc2ccc(C(F)(F)F)cc2)C(=O)N[C@H](c2ccccc2)COCc2cn(nn2)CC[C@@H]1Cc1ccc(C(F)(F)F)cc1. The first-order chi connectivity index (χ1) is 30.8. The van der Waals surface area contributed by atoms with Crippen LogP contribution < -0.4 is 10.6 Å². The standard InChI is InChI=1S/C46H46F6N8O4/c47-45(48,49)37-15-11-31(12-16-37)23-35-19-21-59-26-40(56-58-59)28-64-30-42(34-9-5-2-6-10-34)54-44(62)36(24-32-13-17-38(18-14-32)46(50,51)52)20-22-60-25-39(55-57-60)27-63-29-41(53-43(35)61)33-7-3-1-4-8-33/h1-18,25-26,35-36,41-42H,19-24,27-30H2,(H,53,61)(H,54,62)/t35-,36-,41+,42+/m1/s1. The molecule has 12 nitrogen and oxygen atoms in total. The molecular weight excluding hydrogens is 843 g/mol. The molecule has 0 aliphatic carbocycles. The van der Waals surface area contributed by atoms with Gasteiger partial charge in [0.1, 0.15) is 11.4 Å². The van der Waals surface area contributed by atoms with E-state index in [4.69, 9.17) is 9.47 Å². The highest BCUT2D eigenvalue weighted by Crippen LogP contribution is 2.31. The van der Waals surface area contributed by atoms with Crippen molar-refractivity contribution in [1.82, 2.24) is 40.6 Å². The average molecular weight is 889 g/mol. The molecule has 1 aliphatic rings. The molecule has 2 aromatic heterocycles. The fraction of sp³-hybridized carbons (Fsp3) is 0.348. The van der Waals surface area contributed by atoms with E-state index >= 15 is 0 Å². The van der Waals surface area contributed by atoms with E-state index in [0.717, 1.165) is 35.4 Å². The van der Waals surface area contributed by atoms with Gasteiger partial charge in [0.2, 0.25) is 11.8 Å². The van der Waals surface area contributed by atoms with Crippen LogP contribution in [0.3, 0.4) is 0 Å². The molecule has 1 aliphatic heterocycles. The minimum atomic E-state index is -4.50. The van der Waals surface area contributed by atoms with Gasteiger partial charge < -0.3 is 20.1 Å². The molecule has 0 saturated heterocycles. The number of carbonyl (C=O) groups excluding carboxylic acids is 2. The van der Waals surface area contributed by atoms with Crippen LogP contribution in [0.5, 0.6) is 0 Å². The Kier molecular flexibility index (Phi) is 14.9. The van der Waals surface area contributed by atoms with E-state index in [1.165, 1.54) is 24.3 Å². The van der Waals surface area contributed by atoms with Crippen LogP contribution >= 0.6 is 0 Å². The van der Waals surface area contributed by atoms with Crippen LogP contribution in [0.4, 0.5) is 26.3 Å². The summed E-state index contributed by atoms with van der Waals surface area (Å²) in [5.41, 5.74) is 2.02. The van der Waals surface area contributed by atoms with Crippen molar-refractivity contribution < 1.29 is 45.4 Å². The van der Waals surface area contributed by atoms with Gasteiger partial charge in [-0.1, -0.05) is 95.4 Å². The molecular formula is C46H46F6N8O4. The molecule has 0 spiro atoms. The van der Waals surface area contributed by atoms with Crippen molar-refractivity contribution in [3.8, 4) is 0 Å². The van der Waals surface area contributed by atoms with E-state index < -0.39 is 47.4 Å². The molecule has 0 fully saturated rings. The van der Waals surface area contributed by atoms with Crippen molar-refractivity contribution in [1.29, 1.82) is 0 Å². The third-order valence-electron chi connectivity index (χ3n) is 11.0. The van der Waals surface area contributed by atoms with Crippen LogP contribution in [-0.2, 0) is 70.6 Å². The van der Waals surface area contributed by atoms with Gasteiger partial charge in [-0.3, -0.25) is 19.0 Å². The van der Waals surface area contributed by atoms with Gasteiger partial charge in [-0.05, 0) is 72.2 Å². The fourth-order valence-corrected chi connectivity index (χ4v) is 7.44. The lowest BCUT2D eigenvalue weighted by atomic mass is 9.94. The van der Waals surface area contributed by atoms with Crippen LogP contribution in [0.15, 0.2) is 122 Å². The summed E-state index contributed by atoms with van der Waals surface area (Å²) in [5, 5.41) is 23.2. The second-order valence-corrected chi connectivity index (χ2v) is 15.7. The summed E-state index contributed by atoms with van der Waals surface area (Å²) in [6, 6.07) is 26.7. The molecule has 4 atom stereocenters. The van der Waals surface area contributed by atoms with E-state index in [9.17, 15) is 35.9 Å². The van der Waals surface area contributed by atoms with E-state index in [0.29, 0.717) is 22.5 Å². The lowest BCUT2D eigenvalue weighted by Crippen LogP contribution is -2.37. The summed E-state index contributed by atoms with van der Waals surface area (Å²) < 4.78 is 95.5. The molecule has 7 rings (SSSR count). The monoisotopic (exact) mass is 888 g/mol. The molecule has 0 radical (unpaired) electrons. The zero-order valence-corrected chi connectivity index (χ0v) is 34.5. The number of amides is 2. The first kappa shape index (κ1) is 45.6. The molecule has 2 N–H and O–H groups in total. The van der Waals surface area contributed by atoms with Gasteiger partial charge in [-0.25, -0.2) is 0 Å². The number of ether oxygens (including phenoxy) is 2. The van der Waals surface area contributed by atoms with Crippen LogP contribution in [0.2, 0.25) is 0 Å². The number of nitrogens with zero attached hydrogens (tertiary/aromatic N) is 6. The van der Waals surface area contributed by atoms with Gasteiger partial charge in [0.25, 0.3) is 0 Å². The summed E-state index contributed by atoms with van der Waals surface area (Å²) in [4.78, 5) is 28.3. The summed E-state index contributed by atoms with van der Waals surface area (Å²) in [5.74, 6) is -2.03. The van der Waals surface area contributed by atoms with Crippen LogP contribution in [0.1, 0.15) is 69.7 Å². The van der Waals surface area contributed by atoms with Gasteiger partial charge in [0.05, 0.1) is 62.0 Å². The number of fused-ring (bicyclic) bond motifs is 4. The first-order valence-corrected chi connectivity index (χ1v) is 20.7. The number of benzene rings is 4. The Morgan fingerprint density at radius 1 is 0.547 bits per heavy atom. The largest absolute Gasteiger partial charge is 0.416 e. The minimum absolute atomic E-state index is 0.0248. The van der Waals surface area contributed by atoms with Crippen molar-refractivity contribution in [2.24, 2.45) is 11.8 Å². The van der Waals surface area contributed by atoms with E-state index in [1.807, 2.05) is 60.7 Å². The van der Waals surface area contributed by atoms with Crippen LogP contribution in [-0.4, -0.2) is 55.0 Å². The van der Waals surface area contributed by atoms with Crippen molar-refractivity contribution in [2.45, 2.75) is 76.4 Å². The van der Waals surface area contributed by atoms with E-state index in [2.05, 4.69) is 31.3 Å². The number of alkyl halides is 6. The molecule has 2 amide bonds. The Balaban J connectivity index is 1.14. The van der Waals surface area contributed by atoms with Crippen molar-refractivity contribution in [3.63, 3.8) is 0 Å². The van der Waals surface area contributed by atoms with Crippen molar-refractivity contribution in [2.75, 3.05) is 13.2 Å². The van der Waals surface area contributed by atoms with Gasteiger partial charge in [0, 0.05) is 24.9 Å². The molecule has 64 heavy (non-hydrogen) atoms. The van der Waals surface area contributed by atoms with E-state index in [1.54, 1.807) is 21.8 Å². The topological polar surface area (TPSA) is 138 Å². The Bertz CT molecular complexity index is 2240. The van der Waals surface area contributed by atoms with Gasteiger partial charge in [-0.15, -0.1) is 10.2 Å². The highest BCUT2D eigenvalue weighted by atomic mass is 19.4. The second kappa shape index (κ2) is 20.9. The van der Waals surface area contributed by atoms with Crippen molar-refractivity contribution in [3.05, 3.63) is 166 Å². The smallest absolute Gasteiger partial charge is 0.373 e. The molecule has 0 unspecified atom stereocenters. The number of nitrogens with one attached hydrogen (secondary N) is 2. The van der Waals surface area contributed by atoms with Crippen molar-refractivity contribution >= 4 is 11.8 Å². The quantitative estimate of drug-likeness (QED) is 0.161. The predicted octanol–water partition coefficient (Wildman–Crippen LogP) is 7.87. The fourth-order valence-electron chi connectivity index (χ4n) is 7.44. The Morgan fingerprint density at radius 2 is 0.922 bits per heavy atom. The lowest BCUT2D eigenvalue weighted by Gasteiger charge is -2.24. The number of halogens is 6. The second-order valence-electron chi connectivity index (χ2n) is 15.7. The summed E-state index contributed by atoms with van der Waals surface area (Å²) in [7, 11) is 0. The summed E-state index contributed by atoms with van der Waals surface area (Å²) in [6.07, 6.45) is -4.83. The van der Waals surface area contributed by atoms with Gasteiger partial charge in [-0.2, -0.15) is 26.3 Å². The maximum atomic E-state index is 14.2. The molecule has 0 saturated carbocycles. The maximum Gasteiger partial charge on any atom is 0.416 e. The normalized spacial score (nSPS) is 20.2. The van der Waals surface area contributed by atoms with E-state index in [-0.39, 0.29) is 77.0 Å². The number of aromatic nitrogens is 6. The molecule has 4 aromatic carbocycles. The Morgan fingerprint density at radius 3 is 1.28 bits per heavy atom. The number of carbonyl (C=O) groups is 2. The zero-order chi connectivity index (χ0) is 45.1. The molecule has 6 aromatic rings. The lowest BCUT2D eigenvalue weighted by molar-refractivity contribution is -0.138.